The molecule has 1 fully saturated rings. The summed E-state index contributed by atoms with van der Waals surface area (Å²) in [6.07, 6.45) is 1.19. The highest BCUT2D eigenvalue weighted by Crippen LogP contribution is 2.23. The summed E-state index contributed by atoms with van der Waals surface area (Å²) in [6, 6.07) is 20.5. The van der Waals surface area contributed by atoms with Gasteiger partial charge >= 0.3 is 0 Å². The van der Waals surface area contributed by atoms with Crippen LogP contribution in [0.5, 0.6) is 5.75 Å². The summed E-state index contributed by atoms with van der Waals surface area (Å²) in [4.78, 5) is 7.23. The molecule has 2 N–H and O–H groups in total. The van der Waals surface area contributed by atoms with Crippen LogP contribution in [0, 0.1) is 5.92 Å². The van der Waals surface area contributed by atoms with E-state index in [-0.39, 0.29) is 24.0 Å². The number of rotatable bonds is 8. The summed E-state index contributed by atoms with van der Waals surface area (Å²) in [5, 5.41) is 6.68. The van der Waals surface area contributed by atoms with Gasteiger partial charge in [0, 0.05) is 31.9 Å². The molecule has 1 unspecified atom stereocenters. The minimum Gasteiger partial charge on any atom is -0.492 e. The van der Waals surface area contributed by atoms with Gasteiger partial charge < -0.3 is 20.3 Å². The number of halogens is 1. The van der Waals surface area contributed by atoms with E-state index >= 15 is 0 Å². The third kappa shape index (κ3) is 7.22. The zero-order chi connectivity index (χ0) is 18.7. The monoisotopic (exact) mass is 494 g/mol. The lowest BCUT2D eigenvalue weighted by atomic mass is 10.1. The van der Waals surface area contributed by atoms with Crippen LogP contribution in [0.25, 0.3) is 0 Å². The minimum atomic E-state index is 0. The third-order valence-electron chi connectivity index (χ3n) is 4.67. The van der Waals surface area contributed by atoms with Crippen LogP contribution >= 0.6 is 24.0 Å². The number of benzene rings is 2. The van der Waals surface area contributed by atoms with Gasteiger partial charge in [0.25, 0.3) is 0 Å². The van der Waals surface area contributed by atoms with Crippen LogP contribution in [0.15, 0.2) is 65.7 Å². The van der Waals surface area contributed by atoms with Gasteiger partial charge in [0.1, 0.15) is 12.4 Å². The zero-order valence-corrected chi connectivity index (χ0v) is 18.8. The van der Waals surface area contributed by atoms with Crippen LogP contribution < -0.4 is 20.3 Å². The largest absolute Gasteiger partial charge is 0.492 e. The topological polar surface area (TPSA) is 48.9 Å². The molecule has 152 valence electrons. The molecule has 0 saturated carbocycles. The van der Waals surface area contributed by atoms with Crippen molar-refractivity contribution < 1.29 is 4.74 Å². The molecule has 3 rings (SSSR count). The average Bonchev–Trinajstić information content (AvgIpc) is 3.20. The van der Waals surface area contributed by atoms with E-state index in [2.05, 4.69) is 52.8 Å². The van der Waals surface area contributed by atoms with Crippen molar-refractivity contribution in [2.45, 2.75) is 13.3 Å². The van der Waals surface area contributed by atoms with E-state index < -0.39 is 0 Å². The number of hydrogen-bond donors (Lipinski definition) is 2. The Kier molecular flexibility index (Phi) is 9.96. The molecule has 1 aliphatic rings. The van der Waals surface area contributed by atoms with Gasteiger partial charge in [-0.05, 0) is 43.5 Å². The quantitative estimate of drug-likeness (QED) is 0.254. The molecule has 5 nitrogen and oxygen atoms in total. The van der Waals surface area contributed by atoms with E-state index in [0.29, 0.717) is 12.5 Å². The smallest absolute Gasteiger partial charge is 0.191 e. The SMILES string of the molecule is CCNC(=NCC1CCN(c2ccccc2)C1)NCCOc1ccccc1.I. The van der Waals surface area contributed by atoms with Gasteiger partial charge in [-0.25, -0.2) is 0 Å². The van der Waals surface area contributed by atoms with Gasteiger partial charge in [0.2, 0.25) is 0 Å². The van der Waals surface area contributed by atoms with E-state index in [1.807, 2.05) is 30.3 Å². The number of nitrogens with zero attached hydrogens (tertiary/aromatic N) is 2. The molecule has 0 amide bonds. The maximum absolute atomic E-state index is 5.72. The second kappa shape index (κ2) is 12.5. The van der Waals surface area contributed by atoms with Crippen molar-refractivity contribution in [3.63, 3.8) is 0 Å². The lowest BCUT2D eigenvalue weighted by Gasteiger charge is -2.18. The van der Waals surface area contributed by atoms with E-state index in [4.69, 9.17) is 9.73 Å². The zero-order valence-electron chi connectivity index (χ0n) is 16.5. The van der Waals surface area contributed by atoms with Gasteiger partial charge in [-0.3, -0.25) is 4.99 Å². The molecule has 28 heavy (non-hydrogen) atoms. The normalized spacial score (nSPS) is 16.4. The Morgan fingerprint density at radius 2 is 1.79 bits per heavy atom. The van der Waals surface area contributed by atoms with Gasteiger partial charge in [-0.15, -0.1) is 24.0 Å². The fourth-order valence-corrected chi connectivity index (χ4v) is 3.27. The fraction of sp³-hybridized carbons (Fsp3) is 0.409. The van der Waals surface area contributed by atoms with Crippen molar-refractivity contribution in [2.24, 2.45) is 10.9 Å². The van der Waals surface area contributed by atoms with Gasteiger partial charge in [0.15, 0.2) is 5.96 Å². The molecular formula is C22H31IN4O. The fourth-order valence-electron chi connectivity index (χ4n) is 3.27. The first-order valence-corrected chi connectivity index (χ1v) is 9.85. The van der Waals surface area contributed by atoms with Crippen molar-refractivity contribution >= 4 is 35.6 Å². The molecule has 1 atom stereocenters. The molecule has 2 aromatic rings. The molecule has 0 aliphatic carbocycles. The van der Waals surface area contributed by atoms with E-state index in [1.165, 1.54) is 12.1 Å². The highest BCUT2D eigenvalue weighted by atomic mass is 127. The summed E-state index contributed by atoms with van der Waals surface area (Å²) >= 11 is 0. The Morgan fingerprint density at radius 1 is 1.07 bits per heavy atom. The Morgan fingerprint density at radius 3 is 2.50 bits per heavy atom. The van der Waals surface area contributed by atoms with Crippen molar-refractivity contribution in [3.05, 3.63) is 60.7 Å². The summed E-state index contributed by atoms with van der Waals surface area (Å²) in [5.41, 5.74) is 1.31. The molecular weight excluding hydrogens is 463 g/mol. The lowest BCUT2D eigenvalue weighted by molar-refractivity contribution is 0.322. The molecule has 0 bridgehead atoms. The minimum absolute atomic E-state index is 0. The molecule has 1 aliphatic heterocycles. The number of para-hydroxylation sites is 2. The predicted octanol–water partition coefficient (Wildman–Crippen LogP) is 3.77. The standard InChI is InChI=1S/C22H30N4O.HI/c1-2-23-22(24-14-16-27-21-11-7-4-8-12-21)25-17-19-13-15-26(18-19)20-9-5-3-6-10-20;/h3-12,19H,2,13-18H2,1H3,(H2,23,24,25);1H. The van der Waals surface area contributed by atoms with E-state index in [1.54, 1.807) is 0 Å². The van der Waals surface area contributed by atoms with Gasteiger partial charge in [-0.2, -0.15) is 0 Å². The second-order valence-electron chi connectivity index (χ2n) is 6.74. The van der Waals surface area contributed by atoms with Crippen LogP contribution in [-0.2, 0) is 0 Å². The number of ether oxygens (including phenoxy) is 1. The predicted molar refractivity (Wildman–Crippen MR) is 128 cm³/mol. The third-order valence-corrected chi connectivity index (χ3v) is 4.67. The summed E-state index contributed by atoms with van der Waals surface area (Å²) in [7, 11) is 0. The highest BCUT2D eigenvalue weighted by Gasteiger charge is 2.22. The highest BCUT2D eigenvalue weighted by molar-refractivity contribution is 14.0. The maximum Gasteiger partial charge on any atom is 0.191 e. The van der Waals surface area contributed by atoms with Crippen LogP contribution in [0.4, 0.5) is 5.69 Å². The van der Waals surface area contributed by atoms with Crippen molar-refractivity contribution in [1.29, 1.82) is 0 Å². The van der Waals surface area contributed by atoms with Gasteiger partial charge in [0.05, 0.1) is 6.54 Å². The second-order valence-corrected chi connectivity index (χ2v) is 6.74. The van der Waals surface area contributed by atoms with Crippen LogP contribution in [-0.4, -0.2) is 45.3 Å². The first kappa shape index (κ1) is 22.3. The maximum atomic E-state index is 5.72. The molecule has 6 heteroatoms. The average molecular weight is 494 g/mol. The Balaban J connectivity index is 0.00000280. The molecule has 1 heterocycles. The van der Waals surface area contributed by atoms with Crippen LogP contribution in [0.3, 0.4) is 0 Å². The van der Waals surface area contributed by atoms with E-state index in [9.17, 15) is 0 Å². The van der Waals surface area contributed by atoms with Crippen LogP contribution in [0.2, 0.25) is 0 Å². The summed E-state index contributed by atoms with van der Waals surface area (Å²) < 4.78 is 5.72. The van der Waals surface area contributed by atoms with Crippen molar-refractivity contribution in [1.82, 2.24) is 10.6 Å². The number of hydrogen-bond acceptors (Lipinski definition) is 3. The van der Waals surface area contributed by atoms with Crippen molar-refractivity contribution in [2.75, 3.05) is 44.2 Å². The Bertz CT molecular complexity index is 696. The number of aliphatic imine (C=N–C) groups is 1. The van der Waals surface area contributed by atoms with Crippen LogP contribution in [0.1, 0.15) is 13.3 Å². The first-order valence-electron chi connectivity index (χ1n) is 9.85. The summed E-state index contributed by atoms with van der Waals surface area (Å²) in [5.74, 6) is 2.36. The first-order chi connectivity index (χ1) is 13.3. The number of anilines is 1. The molecule has 1 saturated heterocycles. The molecule has 0 spiro atoms. The Labute approximate surface area is 185 Å². The van der Waals surface area contributed by atoms with E-state index in [0.717, 1.165) is 44.4 Å². The number of nitrogens with one attached hydrogen (secondary N) is 2. The molecule has 0 radical (unpaired) electrons. The number of guanidine groups is 1. The Hall–Kier alpha value is -1.96. The summed E-state index contributed by atoms with van der Waals surface area (Å²) in [6.45, 7) is 7.30. The van der Waals surface area contributed by atoms with Gasteiger partial charge in [-0.1, -0.05) is 36.4 Å². The molecule has 0 aromatic heterocycles. The lowest BCUT2D eigenvalue weighted by Crippen LogP contribution is -2.39. The van der Waals surface area contributed by atoms with Crippen molar-refractivity contribution in [3.8, 4) is 5.75 Å². The molecule has 2 aromatic carbocycles.